The molecule has 1 N–H and O–H groups in total. The number of nitrogens with one attached hydrogen (secondary N) is 1. The summed E-state index contributed by atoms with van der Waals surface area (Å²) < 4.78 is 7.30. The molecular weight excluding hydrogens is 298 g/mol. The van der Waals surface area contributed by atoms with E-state index in [0.29, 0.717) is 18.3 Å². The lowest BCUT2D eigenvalue weighted by Crippen LogP contribution is -2.27. The Balaban J connectivity index is 1.66. The first-order valence-electron chi connectivity index (χ1n) is 7.61. The molecule has 118 valence electrons. The van der Waals surface area contributed by atoms with Crippen molar-refractivity contribution in [2.24, 2.45) is 5.92 Å². The fourth-order valence-electron chi connectivity index (χ4n) is 2.32. The van der Waals surface area contributed by atoms with Gasteiger partial charge in [-0.25, -0.2) is 4.98 Å². The third kappa shape index (κ3) is 3.81. The van der Waals surface area contributed by atoms with Gasteiger partial charge in [0.15, 0.2) is 5.16 Å². The highest BCUT2D eigenvalue weighted by Crippen LogP contribution is 2.28. The number of carbonyl (C=O) groups is 1. The van der Waals surface area contributed by atoms with Crippen molar-refractivity contribution in [2.75, 3.05) is 26.0 Å². The maximum atomic E-state index is 11.9. The number of hydrogen-bond donors (Lipinski definition) is 1. The van der Waals surface area contributed by atoms with Gasteiger partial charge in [0.1, 0.15) is 0 Å². The van der Waals surface area contributed by atoms with Crippen LogP contribution in [0.3, 0.4) is 0 Å². The van der Waals surface area contributed by atoms with Crippen molar-refractivity contribution >= 4 is 28.7 Å². The van der Waals surface area contributed by atoms with E-state index in [2.05, 4.69) is 20.9 Å². The molecule has 1 fully saturated rings. The second-order valence-corrected chi connectivity index (χ2v) is 6.51. The Kier molecular flexibility index (Phi) is 5.00. The number of hydrogen-bond acceptors (Lipinski definition) is 4. The van der Waals surface area contributed by atoms with Crippen LogP contribution in [-0.4, -0.2) is 41.5 Å². The first-order chi connectivity index (χ1) is 10.8. The predicted molar refractivity (Wildman–Crippen MR) is 88.1 cm³/mol. The van der Waals surface area contributed by atoms with Gasteiger partial charge in [0, 0.05) is 20.2 Å². The fourth-order valence-corrected chi connectivity index (χ4v) is 3.19. The number of nitrogens with zero attached hydrogens (tertiary/aromatic N) is 2. The molecule has 22 heavy (non-hydrogen) atoms. The first-order valence-corrected chi connectivity index (χ1v) is 8.60. The largest absolute Gasteiger partial charge is 0.383 e. The number of carbonyl (C=O) groups excluding carboxylic acids is 1. The van der Waals surface area contributed by atoms with Crippen LogP contribution in [0.5, 0.6) is 0 Å². The molecule has 0 bridgehead atoms. The summed E-state index contributed by atoms with van der Waals surface area (Å²) in [6.45, 7) is 2.18. The SMILES string of the molecule is COCCn1c(SCC(=O)NCC2CC2)nc2ccccc21. The zero-order valence-electron chi connectivity index (χ0n) is 12.7. The Morgan fingerprint density at radius 1 is 1.45 bits per heavy atom. The van der Waals surface area contributed by atoms with Gasteiger partial charge in [0.05, 0.1) is 23.4 Å². The summed E-state index contributed by atoms with van der Waals surface area (Å²) in [7, 11) is 1.69. The fraction of sp³-hybridized carbons (Fsp3) is 0.500. The van der Waals surface area contributed by atoms with E-state index in [9.17, 15) is 4.79 Å². The van der Waals surface area contributed by atoms with E-state index in [-0.39, 0.29) is 5.91 Å². The Morgan fingerprint density at radius 2 is 2.27 bits per heavy atom. The molecule has 1 aliphatic carbocycles. The van der Waals surface area contributed by atoms with Crippen molar-refractivity contribution in [2.45, 2.75) is 24.5 Å². The number of ether oxygens (including phenoxy) is 1. The van der Waals surface area contributed by atoms with Crippen LogP contribution in [0.1, 0.15) is 12.8 Å². The molecule has 5 nitrogen and oxygen atoms in total. The summed E-state index contributed by atoms with van der Waals surface area (Å²) in [5.74, 6) is 1.20. The van der Waals surface area contributed by atoms with Crippen LogP contribution >= 0.6 is 11.8 Å². The van der Waals surface area contributed by atoms with Gasteiger partial charge in [-0.05, 0) is 30.9 Å². The molecule has 2 aromatic rings. The third-order valence-corrected chi connectivity index (χ3v) is 4.73. The van der Waals surface area contributed by atoms with Gasteiger partial charge >= 0.3 is 0 Å². The lowest BCUT2D eigenvalue weighted by molar-refractivity contribution is -0.118. The number of rotatable bonds is 8. The minimum absolute atomic E-state index is 0.0854. The molecule has 1 aliphatic rings. The van der Waals surface area contributed by atoms with Crippen molar-refractivity contribution in [3.63, 3.8) is 0 Å². The molecule has 0 unspecified atom stereocenters. The lowest BCUT2D eigenvalue weighted by atomic mass is 10.3. The summed E-state index contributed by atoms with van der Waals surface area (Å²) in [6, 6.07) is 8.03. The number of imidazole rings is 1. The van der Waals surface area contributed by atoms with Gasteiger partial charge in [-0.15, -0.1) is 0 Å². The Bertz CT molecular complexity index is 652. The molecule has 1 aromatic carbocycles. The number of fused-ring (bicyclic) bond motifs is 1. The van der Waals surface area contributed by atoms with Crippen molar-refractivity contribution < 1.29 is 9.53 Å². The smallest absolute Gasteiger partial charge is 0.230 e. The molecule has 1 saturated carbocycles. The zero-order chi connectivity index (χ0) is 15.4. The quantitative estimate of drug-likeness (QED) is 0.759. The van der Waals surface area contributed by atoms with E-state index in [0.717, 1.165) is 29.3 Å². The monoisotopic (exact) mass is 319 g/mol. The average Bonchev–Trinajstić information content (AvgIpc) is 3.30. The zero-order valence-corrected chi connectivity index (χ0v) is 13.6. The van der Waals surface area contributed by atoms with Crippen molar-refractivity contribution in [3.8, 4) is 0 Å². The molecule has 0 spiro atoms. The summed E-state index contributed by atoms with van der Waals surface area (Å²) >= 11 is 1.49. The topological polar surface area (TPSA) is 56.1 Å². The van der Waals surface area contributed by atoms with E-state index in [1.54, 1.807) is 7.11 Å². The minimum Gasteiger partial charge on any atom is -0.383 e. The predicted octanol–water partition coefficient (Wildman–Crippen LogP) is 2.30. The molecule has 6 heteroatoms. The second-order valence-electron chi connectivity index (χ2n) is 5.56. The molecule has 0 atom stereocenters. The number of amides is 1. The summed E-state index contributed by atoms with van der Waals surface area (Å²) in [6.07, 6.45) is 2.50. The molecule has 1 amide bonds. The molecule has 0 saturated heterocycles. The second kappa shape index (κ2) is 7.15. The summed E-state index contributed by atoms with van der Waals surface area (Å²) in [4.78, 5) is 16.5. The van der Waals surface area contributed by atoms with E-state index in [4.69, 9.17) is 4.74 Å². The van der Waals surface area contributed by atoms with Crippen molar-refractivity contribution in [3.05, 3.63) is 24.3 Å². The lowest BCUT2D eigenvalue weighted by Gasteiger charge is -2.08. The number of benzene rings is 1. The molecule has 0 aliphatic heterocycles. The van der Waals surface area contributed by atoms with E-state index >= 15 is 0 Å². The van der Waals surface area contributed by atoms with Crippen LogP contribution < -0.4 is 5.32 Å². The Hall–Kier alpha value is -1.53. The maximum Gasteiger partial charge on any atom is 0.230 e. The van der Waals surface area contributed by atoms with Crippen LogP contribution in [0.4, 0.5) is 0 Å². The molecule has 1 heterocycles. The highest BCUT2D eigenvalue weighted by atomic mass is 32.2. The number of para-hydroxylation sites is 2. The minimum atomic E-state index is 0.0854. The van der Waals surface area contributed by atoms with E-state index < -0.39 is 0 Å². The Morgan fingerprint density at radius 3 is 3.05 bits per heavy atom. The van der Waals surface area contributed by atoms with Crippen molar-refractivity contribution in [1.29, 1.82) is 0 Å². The van der Waals surface area contributed by atoms with Crippen LogP contribution in [0, 0.1) is 5.92 Å². The molecule has 3 rings (SSSR count). The Labute approximate surface area is 134 Å². The van der Waals surface area contributed by atoms with Gasteiger partial charge in [-0.2, -0.15) is 0 Å². The van der Waals surface area contributed by atoms with Gasteiger partial charge in [-0.1, -0.05) is 23.9 Å². The van der Waals surface area contributed by atoms with E-state index in [1.165, 1.54) is 24.6 Å². The maximum absolute atomic E-state index is 11.9. The van der Waals surface area contributed by atoms with Gasteiger partial charge in [0.2, 0.25) is 5.91 Å². The van der Waals surface area contributed by atoms with Crippen molar-refractivity contribution in [1.82, 2.24) is 14.9 Å². The highest BCUT2D eigenvalue weighted by molar-refractivity contribution is 7.99. The normalized spacial score (nSPS) is 14.4. The highest BCUT2D eigenvalue weighted by Gasteiger charge is 2.21. The summed E-state index contributed by atoms with van der Waals surface area (Å²) in [5, 5.41) is 3.86. The first kappa shape index (κ1) is 15.4. The molecule has 0 radical (unpaired) electrons. The van der Waals surface area contributed by atoms with Gasteiger partial charge in [-0.3, -0.25) is 4.79 Å². The molecule has 1 aromatic heterocycles. The number of aromatic nitrogens is 2. The van der Waals surface area contributed by atoms with Crippen LogP contribution in [0.2, 0.25) is 0 Å². The van der Waals surface area contributed by atoms with Gasteiger partial charge < -0.3 is 14.6 Å². The summed E-state index contributed by atoms with van der Waals surface area (Å²) in [5.41, 5.74) is 2.04. The number of methoxy groups -OCH3 is 1. The van der Waals surface area contributed by atoms with Crippen LogP contribution in [0.25, 0.3) is 11.0 Å². The number of thioether (sulfide) groups is 1. The van der Waals surface area contributed by atoms with Gasteiger partial charge in [0.25, 0.3) is 0 Å². The van der Waals surface area contributed by atoms with E-state index in [1.807, 2.05) is 18.2 Å². The molecular formula is C16H21N3O2S. The standard InChI is InChI=1S/C16H21N3O2S/c1-21-9-8-19-14-5-3-2-4-13(14)18-16(19)22-11-15(20)17-10-12-6-7-12/h2-5,12H,6-11H2,1H3,(H,17,20). The third-order valence-electron chi connectivity index (χ3n) is 3.76. The average molecular weight is 319 g/mol. The van der Waals surface area contributed by atoms with Crippen LogP contribution in [-0.2, 0) is 16.1 Å². The van der Waals surface area contributed by atoms with Crippen LogP contribution in [0.15, 0.2) is 29.4 Å².